The molecular formula is C17H21ClN2O. The van der Waals surface area contributed by atoms with E-state index in [0.717, 1.165) is 25.8 Å². The van der Waals surface area contributed by atoms with Gasteiger partial charge in [0, 0.05) is 43.0 Å². The molecule has 1 aromatic heterocycles. The summed E-state index contributed by atoms with van der Waals surface area (Å²) >= 11 is 5.88. The minimum absolute atomic E-state index is 0.155. The Kier molecular flexibility index (Phi) is 3.94. The van der Waals surface area contributed by atoms with Crippen molar-refractivity contribution < 1.29 is 4.79 Å². The van der Waals surface area contributed by atoms with Crippen LogP contribution in [0.1, 0.15) is 37.1 Å². The van der Waals surface area contributed by atoms with E-state index in [-0.39, 0.29) is 11.9 Å². The standard InChI is InChI=1S/C17H21ClN2O/c1-12(21)20-11-9-14-13-6-3-4-7-15(13)19(2)17(14)16(20)8-5-10-18/h3-4,6-7,16H,5,8-11H2,1-2H3. The molecule has 1 atom stereocenters. The first-order chi connectivity index (χ1) is 10.1. The highest BCUT2D eigenvalue weighted by Gasteiger charge is 2.32. The number of carbonyl (C=O) groups excluding carboxylic acids is 1. The molecule has 3 nitrogen and oxygen atoms in total. The van der Waals surface area contributed by atoms with Gasteiger partial charge < -0.3 is 9.47 Å². The molecule has 0 spiro atoms. The number of para-hydroxylation sites is 1. The largest absolute Gasteiger partial charge is 0.346 e. The van der Waals surface area contributed by atoms with Crippen LogP contribution < -0.4 is 0 Å². The van der Waals surface area contributed by atoms with Crippen molar-refractivity contribution in [1.29, 1.82) is 0 Å². The predicted molar refractivity (Wildman–Crippen MR) is 86.7 cm³/mol. The van der Waals surface area contributed by atoms with E-state index in [2.05, 4.69) is 35.9 Å². The molecular weight excluding hydrogens is 284 g/mol. The highest BCUT2D eigenvalue weighted by Crippen LogP contribution is 2.38. The second-order valence-corrected chi connectivity index (χ2v) is 6.13. The van der Waals surface area contributed by atoms with Gasteiger partial charge in [-0.05, 0) is 30.9 Å². The lowest BCUT2D eigenvalue weighted by Gasteiger charge is -2.36. The molecule has 1 unspecified atom stereocenters. The number of hydrogen-bond donors (Lipinski definition) is 0. The molecule has 2 heterocycles. The van der Waals surface area contributed by atoms with E-state index in [1.807, 2.05) is 4.90 Å². The molecule has 1 aliphatic rings. The normalized spacial score (nSPS) is 18.0. The number of amides is 1. The molecule has 0 aliphatic carbocycles. The molecule has 0 fully saturated rings. The topological polar surface area (TPSA) is 25.2 Å². The van der Waals surface area contributed by atoms with E-state index in [1.54, 1.807) is 6.92 Å². The van der Waals surface area contributed by atoms with Crippen LogP contribution in [-0.2, 0) is 18.3 Å². The summed E-state index contributed by atoms with van der Waals surface area (Å²) in [4.78, 5) is 14.0. The molecule has 1 aliphatic heterocycles. The molecule has 0 bridgehead atoms. The van der Waals surface area contributed by atoms with Gasteiger partial charge in [0.05, 0.1) is 6.04 Å². The first-order valence-electron chi connectivity index (χ1n) is 7.54. The Morgan fingerprint density at radius 1 is 1.38 bits per heavy atom. The lowest BCUT2D eigenvalue weighted by Crippen LogP contribution is -2.39. The third-order valence-electron chi connectivity index (χ3n) is 4.57. The summed E-state index contributed by atoms with van der Waals surface area (Å²) in [5, 5.41) is 1.33. The monoisotopic (exact) mass is 304 g/mol. The summed E-state index contributed by atoms with van der Waals surface area (Å²) in [7, 11) is 2.11. The molecule has 112 valence electrons. The van der Waals surface area contributed by atoms with Gasteiger partial charge in [-0.15, -0.1) is 11.6 Å². The van der Waals surface area contributed by atoms with Crippen molar-refractivity contribution in [3.63, 3.8) is 0 Å². The Balaban J connectivity index is 2.14. The Morgan fingerprint density at radius 2 is 2.14 bits per heavy atom. The van der Waals surface area contributed by atoms with Crippen molar-refractivity contribution >= 4 is 28.4 Å². The summed E-state index contributed by atoms with van der Waals surface area (Å²) < 4.78 is 2.26. The van der Waals surface area contributed by atoms with Crippen LogP contribution in [0.2, 0.25) is 0 Å². The minimum atomic E-state index is 0.155. The average molecular weight is 305 g/mol. The SMILES string of the molecule is CC(=O)N1CCc2c(n(C)c3ccccc23)C1CCCCl. The quantitative estimate of drug-likeness (QED) is 0.795. The fourth-order valence-corrected chi connectivity index (χ4v) is 3.81. The lowest BCUT2D eigenvalue weighted by atomic mass is 9.94. The third kappa shape index (κ3) is 2.34. The van der Waals surface area contributed by atoms with Gasteiger partial charge in [-0.1, -0.05) is 18.2 Å². The molecule has 4 heteroatoms. The number of nitrogens with zero attached hydrogens (tertiary/aromatic N) is 2. The Labute approximate surface area is 130 Å². The van der Waals surface area contributed by atoms with Gasteiger partial charge in [-0.3, -0.25) is 4.79 Å². The summed E-state index contributed by atoms with van der Waals surface area (Å²) in [6.07, 6.45) is 2.80. The second kappa shape index (κ2) is 5.72. The van der Waals surface area contributed by atoms with Gasteiger partial charge in [0.2, 0.25) is 5.91 Å². The highest BCUT2D eigenvalue weighted by molar-refractivity contribution is 6.17. The molecule has 1 amide bonds. The van der Waals surface area contributed by atoms with E-state index in [4.69, 9.17) is 11.6 Å². The fraction of sp³-hybridized carbons (Fsp3) is 0.471. The zero-order valence-electron chi connectivity index (χ0n) is 12.6. The molecule has 0 saturated heterocycles. The molecule has 0 radical (unpaired) electrons. The van der Waals surface area contributed by atoms with Crippen LogP contribution in [0.5, 0.6) is 0 Å². The third-order valence-corrected chi connectivity index (χ3v) is 4.84. The van der Waals surface area contributed by atoms with E-state index >= 15 is 0 Å². The number of alkyl halides is 1. The van der Waals surface area contributed by atoms with Crippen molar-refractivity contribution in [2.75, 3.05) is 12.4 Å². The van der Waals surface area contributed by atoms with Crippen LogP contribution in [0.4, 0.5) is 0 Å². The number of benzene rings is 1. The number of halogens is 1. The van der Waals surface area contributed by atoms with Crippen LogP contribution in [0.3, 0.4) is 0 Å². The molecule has 0 N–H and O–H groups in total. The van der Waals surface area contributed by atoms with Crippen molar-refractivity contribution in [3.05, 3.63) is 35.5 Å². The first-order valence-corrected chi connectivity index (χ1v) is 8.08. The summed E-state index contributed by atoms with van der Waals surface area (Å²) in [5.74, 6) is 0.798. The summed E-state index contributed by atoms with van der Waals surface area (Å²) in [5.41, 5.74) is 3.96. The number of rotatable bonds is 3. The van der Waals surface area contributed by atoms with Crippen LogP contribution in [0.15, 0.2) is 24.3 Å². The first kappa shape index (κ1) is 14.5. The Morgan fingerprint density at radius 3 is 2.86 bits per heavy atom. The predicted octanol–water partition coefficient (Wildman–Crippen LogP) is 3.64. The van der Waals surface area contributed by atoms with Gasteiger partial charge in [-0.25, -0.2) is 0 Å². The maximum absolute atomic E-state index is 12.0. The zero-order chi connectivity index (χ0) is 15.0. The maximum atomic E-state index is 12.0. The lowest BCUT2D eigenvalue weighted by molar-refractivity contribution is -0.132. The van der Waals surface area contributed by atoms with Crippen LogP contribution in [0.25, 0.3) is 10.9 Å². The second-order valence-electron chi connectivity index (χ2n) is 5.75. The van der Waals surface area contributed by atoms with Gasteiger partial charge in [-0.2, -0.15) is 0 Å². The smallest absolute Gasteiger partial charge is 0.220 e. The summed E-state index contributed by atoms with van der Waals surface area (Å²) in [6.45, 7) is 2.48. The molecule has 3 rings (SSSR count). The van der Waals surface area contributed by atoms with Gasteiger partial charge in [0.15, 0.2) is 0 Å². The number of carbonyl (C=O) groups is 1. The van der Waals surface area contributed by atoms with Crippen molar-refractivity contribution in [1.82, 2.24) is 9.47 Å². The van der Waals surface area contributed by atoms with E-state index in [1.165, 1.54) is 22.2 Å². The van der Waals surface area contributed by atoms with E-state index < -0.39 is 0 Å². The number of hydrogen-bond acceptors (Lipinski definition) is 1. The fourth-order valence-electron chi connectivity index (χ4n) is 3.65. The molecule has 2 aromatic rings. The zero-order valence-corrected chi connectivity index (χ0v) is 13.4. The number of fused-ring (bicyclic) bond motifs is 3. The Hall–Kier alpha value is -1.48. The van der Waals surface area contributed by atoms with Gasteiger partial charge in [0.25, 0.3) is 0 Å². The number of aromatic nitrogens is 1. The van der Waals surface area contributed by atoms with Crippen LogP contribution in [0, 0.1) is 0 Å². The number of aryl methyl sites for hydroxylation is 1. The van der Waals surface area contributed by atoms with Crippen molar-refractivity contribution in [2.24, 2.45) is 7.05 Å². The maximum Gasteiger partial charge on any atom is 0.220 e. The van der Waals surface area contributed by atoms with Crippen molar-refractivity contribution in [2.45, 2.75) is 32.2 Å². The van der Waals surface area contributed by atoms with Crippen LogP contribution in [-0.4, -0.2) is 27.8 Å². The highest BCUT2D eigenvalue weighted by atomic mass is 35.5. The van der Waals surface area contributed by atoms with Crippen LogP contribution >= 0.6 is 11.6 Å². The molecule has 0 saturated carbocycles. The van der Waals surface area contributed by atoms with Gasteiger partial charge in [0.1, 0.15) is 0 Å². The minimum Gasteiger partial charge on any atom is -0.346 e. The summed E-state index contributed by atoms with van der Waals surface area (Å²) in [6, 6.07) is 8.67. The van der Waals surface area contributed by atoms with E-state index in [0.29, 0.717) is 5.88 Å². The average Bonchev–Trinajstić information content (AvgIpc) is 2.79. The van der Waals surface area contributed by atoms with Crippen molar-refractivity contribution in [3.8, 4) is 0 Å². The molecule has 1 aromatic carbocycles. The Bertz CT molecular complexity index is 677. The van der Waals surface area contributed by atoms with Gasteiger partial charge >= 0.3 is 0 Å². The molecule has 21 heavy (non-hydrogen) atoms. The van der Waals surface area contributed by atoms with E-state index in [9.17, 15) is 4.79 Å².